The summed E-state index contributed by atoms with van der Waals surface area (Å²) >= 11 is 6.09. The van der Waals surface area contributed by atoms with Crippen LogP contribution in [0.25, 0.3) is 0 Å². The van der Waals surface area contributed by atoms with E-state index >= 15 is 0 Å². The molecule has 1 aliphatic heterocycles. The molecule has 1 atom stereocenters. The van der Waals surface area contributed by atoms with Crippen molar-refractivity contribution in [3.63, 3.8) is 0 Å². The predicted molar refractivity (Wildman–Crippen MR) is 134 cm³/mol. The highest BCUT2D eigenvalue weighted by Gasteiger charge is 2.38. The summed E-state index contributed by atoms with van der Waals surface area (Å²) in [5.74, 6) is 2.67. The highest BCUT2D eigenvalue weighted by atomic mass is 127. The molecule has 1 saturated carbocycles. The number of hydrogen-bond donors (Lipinski definition) is 2. The zero-order valence-corrected chi connectivity index (χ0v) is 21.3. The molecule has 1 aromatic carbocycles. The molecule has 0 radical (unpaired) electrons. The van der Waals surface area contributed by atoms with E-state index in [1.54, 1.807) is 7.11 Å². The Labute approximate surface area is 206 Å². The van der Waals surface area contributed by atoms with Gasteiger partial charge in [0.15, 0.2) is 11.8 Å². The van der Waals surface area contributed by atoms with Crippen LogP contribution < -0.4 is 10.6 Å². The number of halogens is 2. The number of nitrogens with one attached hydrogen (secondary N) is 2. The summed E-state index contributed by atoms with van der Waals surface area (Å²) in [6.07, 6.45) is 5.51. The molecule has 170 valence electrons. The first kappa shape index (κ1) is 24.3. The summed E-state index contributed by atoms with van der Waals surface area (Å²) in [4.78, 5) is 9.55. The summed E-state index contributed by atoms with van der Waals surface area (Å²) in [6, 6.07) is 8.56. The SMILES string of the molecule is CCNC(=NCC1(c2ccc(Cl)cc2)CCC1)NC1CCc2nc(COC)nn2C1.I. The molecule has 0 amide bonds. The second-order valence-electron chi connectivity index (χ2n) is 8.28. The van der Waals surface area contributed by atoms with Gasteiger partial charge in [0.25, 0.3) is 0 Å². The summed E-state index contributed by atoms with van der Waals surface area (Å²) in [6.45, 7) is 4.96. The second-order valence-corrected chi connectivity index (χ2v) is 8.71. The molecule has 0 bridgehead atoms. The molecule has 2 heterocycles. The van der Waals surface area contributed by atoms with E-state index in [1.807, 2.05) is 16.8 Å². The zero-order chi connectivity index (χ0) is 21.0. The molecule has 1 aliphatic carbocycles. The van der Waals surface area contributed by atoms with Gasteiger partial charge in [0.2, 0.25) is 0 Å². The smallest absolute Gasteiger partial charge is 0.191 e. The van der Waals surface area contributed by atoms with Gasteiger partial charge in [0.1, 0.15) is 12.4 Å². The van der Waals surface area contributed by atoms with Crippen LogP contribution in [0.4, 0.5) is 0 Å². The van der Waals surface area contributed by atoms with Crippen LogP contribution in [0.3, 0.4) is 0 Å². The standard InChI is InChI=1S/C22H31ClN6O.HI/c1-3-24-21(25-15-22(11-4-12-22)16-5-7-17(23)8-6-16)26-18-9-10-20-27-19(14-30-2)28-29(20)13-18;/h5-8,18H,3-4,9-15H2,1-2H3,(H2,24,25,26);1H. The molecule has 2 N–H and O–H groups in total. The number of rotatable bonds is 7. The first-order chi connectivity index (χ1) is 14.6. The van der Waals surface area contributed by atoms with Gasteiger partial charge in [-0.05, 0) is 43.9 Å². The quantitative estimate of drug-likeness (QED) is 0.308. The van der Waals surface area contributed by atoms with Gasteiger partial charge in [-0.3, -0.25) is 4.99 Å². The predicted octanol–water partition coefficient (Wildman–Crippen LogP) is 3.69. The Morgan fingerprint density at radius 3 is 2.74 bits per heavy atom. The van der Waals surface area contributed by atoms with Crippen molar-refractivity contribution >= 4 is 41.5 Å². The van der Waals surface area contributed by atoms with Crippen molar-refractivity contribution in [1.82, 2.24) is 25.4 Å². The van der Waals surface area contributed by atoms with Gasteiger partial charge in [-0.15, -0.1) is 24.0 Å². The van der Waals surface area contributed by atoms with Gasteiger partial charge >= 0.3 is 0 Å². The average Bonchev–Trinajstić information content (AvgIpc) is 3.10. The van der Waals surface area contributed by atoms with Gasteiger partial charge in [-0.1, -0.05) is 30.2 Å². The molecule has 7 nitrogen and oxygen atoms in total. The number of hydrogen-bond acceptors (Lipinski definition) is 4. The van der Waals surface area contributed by atoms with Gasteiger partial charge in [0.05, 0.1) is 13.1 Å². The highest BCUT2D eigenvalue weighted by molar-refractivity contribution is 14.0. The summed E-state index contributed by atoms with van der Waals surface area (Å²) in [5.41, 5.74) is 1.47. The fourth-order valence-electron chi connectivity index (χ4n) is 4.36. The Bertz CT molecular complexity index is 881. The number of nitrogens with zero attached hydrogens (tertiary/aromatic N) is 4. The number of ether oxygens (including phenoxy) is 1. The van der Waals surface area contributed by atoms with E-state index in [0.29, 0.717) is 6.61 Å². The second kappa shape index (κ2) is 11.0. The Kier molecular flexibility index (Phi) is 8.58. The minimum Gasteiger partial charge on any atom is -0.377 e. The maximum atomic E-state index is 6.09. The minimum atomic E-state index is 0. The third-order valence-electron chi connectivity index (χ3n) is 6.17. The van der Waals surface area contributed by atoms with Crippen LogP contribution in [-0.2, 0) is 29.7 Å². The van der Waals surface area contributed by atoms with E-state index in [2.05, 4.69) is 39.8 Å². The van der Waals surface area contributed by atoms with Crippen LogP contribution in [-0.4, -0.2) is 47.0 Å². The van der Waals surface area contributed by atoms with Crippen molar-refractivity contribution in [2.45, 2.75) is 63.6 Å². The zero-order valence-electron chi connectivity index (χ0n) is 18.2. The largest absolute Gasteiger partial charge is 0.377 e. The number of aryl methyl sites for hydroxylation is 1. The maximum Gasteiger partial charge on any atom is 0.191 e. The lowest BCUT2D eigenvalue weighted by Crippen LogP contribution is -2.48. The number of methoxy groups -OCH3 is 1. The first-order valence-electron chi connectivity index (χ1n) is 10.8. The van der Waals surface area contributed by atoms with Crippen LogP contribution in [0.15, 0.2) is 29.3 Å². The van der Waals surface area contributed by atoms with E-state index < -0.39 is 0 Å². The number of aliphatic imine (C=N–C) groups is 1. The molecular weight excluding hydrogens is 527 g/mol. The minimum absolute atomic E-state index is 0. The monoisotopic (exact) mass is 558 g/mol. The number of aromatic nitrogens is 3. The van der Waals surface area contributed by atoms with E-state index in [-0.39, 0.29) is 35.4 Å². The highest BCUT2D eigenvalue weighted by Crippen LogP contribution is 2.44. The Balaban J connectivity index is 0.00000272. The summed E-state index contributed by atoms with van der Waals surface area (Å²) in [7, 11) is 1.67. The number of benzene rings is 1. The topological polar surface area (TPSA) is 76.4 Å². The van der Waals surface area contributed by atoms with Crippen LogP contribution in [0, 0.1) is 0 Å². The van der Waals surface area contributed by atoms with Gasteiger partial charge in [-0.2, -0.15) is 5.10 Å². The van der Waals surface area contributed by atoms with Crippen molar-refractivity contribution < 1.29 is 4.74 Å². The van der Waals surface area contributed by atoms with Crippen molar-refractivity contribution in [2.24, 2.45) is 4.99 Å². The molecular formula is C22H32ClIN6O. The lowest BCUT2D eigenvalue weighted by molar-refractivity contribution is 0.177. The normalized spacial score (nSPS) is 19.7. The van der Waals surface area contributed by atoms with E-state index in [1.165, 1.54) is 24.8 Å². The van der Waals surface area contributed by atoms with Crippen molar-refractivity contribution in [2.75, 3.05) is 20.2 Å². The van der Waals surface area contributed by atoms with E-state index in [0.717, 1.165) is 55.1 Å². The molecule has 1 unspecified atom stereocenters. The molecule has 1 fully saturated rings. The molecule has 0 saturated heterocycles. The molecule has 4 rings (SSSR count). The lowest BCUT2D eigenvalue weighted by Gasteiger charge is -2.41. The van der Waals surface area contributed by atoms with Gasteiger partial charge in [0, 0.05) is 36.6 Å². The molecule has 0 spiro atoms. The number of guanidine groups is 1. The third kappa shape index (κ3) is 5.70. The maximum absolute atomic E-state index is 6.09. The lowest BCUT2D eigenvalue weighted by atomic mass is 9.64. The molecule has 31 heavy (non-hydrogen) atoms. The molecule has 1 aromatic heterocycles. The number of fused-ring (bicyclic) bond motifs is 1. The Hall–Kier alpha value is -1.39. The average molecular weight is 559 g/mol. The molecule has 9 heteroatoms. The van der Waals surface area contributed by atoms with Crippen molar-refractivity contribution in [1.29, 1.82) is 0 Å². The van der Waals surface area contributed by atoms with Crippen molar-refractivity contribution in [3.8, 4) is 0 Å². The van der Waals surface area contributed by atoms with Crippen LogP contribution in [0.5, 0.6) is 0 Å². The van der Waals surface area contributed by atoms with E-state index in [4.69, 9.17) is 21.3 Å². The fraction of sp³-hybridized carbons (Fsp3) is 0.591. The Morgan fingerprint density at radius 2 is 2.10 bits per heavy atom. The van der Waals surface area contributed by atoms with Crippen LogP contribution >= 0.6 is 35.6 Å². The van der Waals surface area contributed by atoms with Crippen LogP contribution in [0.1, 0.15) is 49.8 Å². The first-order valence-corrected chi connectivity index (χ1v) is 11.2. The van der Waals surface area contributed by atoms with Gasteiger partial charge in [-0.25, -0.2) is 9.67 Å². The van der Waals surface area contributed by atoms with Gasteiger partial charge < -0.3 is 15.4 Å². The fourth-order valence-corrected chi connectivity index (χ4v) is 4.48. The molecule has 2 aliphatic rings. The molecule has 2 aromatic rings. The van der Waals surface area contributed by atoms with Crippen molar-refractivity contribution in [3.05, 3.63) is 46.5 Å². The summed E-state index contributed by atoms with van der Waals surface area (Å²) < 4.78 is 7.16. The Morgan fingerprint density at radius 1 is 1.32 bits per heavy atom. The third-order valence-corrected chi connectivity index (χ3v) is 6.42. The summed E-state index contributed by atoms with van der Waals surface area (Å²) in [5, 5.41) is 12.4. The van der Waals surface area contributed by atoms with E-state index in [9.17, 15) is 0 Å². The van der Waals surface area contributed by atoms with Crippen LogP contribution in [0.2, 0.25) is 5.02 Å².